The summed E-state index contributed by atoms with van der Waals surface area (Å²) in [7, 11) is 0. The fourth-order valence-electron chi connectivity index (χ4n) is 0.924. The average molecular weight is 310 g/mol. The Bertz CT molecular complexity index is 479. The van der Waals surface area contributed by atoms with Crippen LogP contribution >= 0.6 is 46.4 Å². The van der Waals surface area contributed by atoms with Crippen molar-refractivity contribution in [3.8, 4) is 5.75 Å². The van der Waals surface area contributed by atoms with E-state index in [9.17, 15) is 0 Å². The van der Waals surface area contributed by atoms with Crippen LogP contribution in [0.25, 0.3) is 0 Å². The summed E-state index contributed by atoms with van der Waals surface area (Å²) in [5, 5.41) is 10.8. The first-order chi connectivity index (χ1) is 8.00. The third-order valence-electron chi connectivity index (χ3n) is 1.73. The molecule has 0 radical (unpaired) electrons. The highest BCUT2D eigenvalue weighted by Gasteiger charge is 1.95. The highest BCUT2D eigenvalue weighted by atomic mass is 35.5. The molecule has 2 aromatic rings. The summed E-state index contributed by atoms with van der Waals surface area (Å²) in [5.41, 5.74) is 0. The van der Waals surface area contributed by atoms with E-state index in [1.807, 2.05) is 12.1 Å². The van der Waals surface area contributed by atoms with Gasteiger partial charge in [-0.3, -0.25) is 0 Å². The van der Waals surface area contributed by atoms with Gasteiger partial charge in [0.2, 0.25) is 0 Å². The fourth-order valence-corrected chi connectivity index (χ4v) is 1.49. The molecule has 0 fully saturated rings. The second kappa shape index (κ2) is 6.97. The summed E-state index contributed by atoms with van der Waals surface area (Å²) in [6.07, 6.45) is 0. The maximum absolute atomic E-state index is 8.79. The summed E-state index contributed by atoms with van der Waals surface area (Å²) < 4.78 is 0. The molecule has 1 nitrogen and oxygen atoms in total. The predicted molar refractivity (Wildman–Crippen MR) is 74.6 cm³/mol. The molecule has 0 amide bonds. The van der Waals surface area contributed by atoms with Crippen molar-refractivity contribution in [3.05, 3.63) is 62.6 Å². The molecular weight excluding hydrogens is 302 g/mol. The minimum absolute atomic E-state index is 0.129. The second-order valence-corrected chi connectivity index (χ2v) is 4.64. The minimum atomic E-state index is 0.129. The number of hydrogen-bond donors (Lipinski definition) is 1. The van der Waals surface area contributed by atoms with Gasteiger partial charge in [0.1, 0.15) is 5.75 Å². The molecule has 0 atom stereocenters. The lowest BCUT2D eigenvalue weighted by molar-refractivity contribution is 0.475. The Balaban J connectivity index is 0.000000171. The molecule has 0 aromatic heterocycles. The molecule has 1 N–H and O–H groups in total. The lowest BCUT2D eigenvalue weighted by Crippen LogP contribution is -1.66. The van der Waals surface area contributed by atoms with Crippen LogP contribution in [0.5, 0.6) is 5.75 Å². The number of phenols is 1. The molecule has 90 valence electrons. The van der Waals surface area contributed by atoms with E-state index in [1.165, 1.54) is 12.1 Å². The highest BCUT2D eigenvalue weighted by molar-refractivity contribution is 6.42. The van der Waals surface area contributed by atoms with Crippen molar-refractivity contribution in [3.63, 3.8) is 0 Å². The monoisotopic (exact) mass is 308 g/mol. The smallest absolute Gasteiger partial charge is 0.117 e. The summed E-state index contributed by atoms with van der Waals surface area (Å²) in [5.74, 6) is 0.129. The van der Waals surface area contributed by atoms with E-state index in [2.05, 4.69) is 0 Å². The van der Waals surface area contributed by atoms with E-state index in [0.29, 0.717) is 20.1 Å². The summed E-state index contributed by atoms with van der Waals surface area (Å²) in [6.45, 7) is 0. The van der Waals surface area contributed by atoms with Crippen LogP contribution < -0.4 is 0 Å². The van der Waals surface area contributed by atoms with Crippen LogP contribution in [-0.4, -0.2) is 5.11 Å². The molecule has 2 aromatic carbocycles. The van der Waals surface area contributed by atoms with Gasteiger partial charge in [0.15, 0.2) is 0 Å². The topological polar surface area (TPSA) is 20.2 Å². The maximum atomic E-state index is 8.79. The van der Waals surface area contributed by atoms with E-state index in [4.69, 9.17) is 51.5 Å². The van der Waals surface area contributed by atoms with Crippen molar-refractivity contribution < 1.29 is 5.11 Å². The zero-order valence-corrected chi connectivity index (χ0v) is 11.5. The normalized spacial score (nSPS) is 9.41. The first-order valence-corrected chi connectivity index (χ1v) is 6.06. The predicted octanol–water partition coefficient (Wildman–Crippen LogP) is 5.69. The summed E-state index contributed by atoms with van der Waals surface area (Å²) in [6, 6.07) is 11.6. The Morgan fingerprint density at radius 3 is 1.47 bits per heavy atom. The largest absolute Gasteiger partial charge is 0.508 e. The molecule has 0 spiro atoms. The number of benzene rings is 2. The quantitative estimate of drug-likeness (QED) is 0.662. The van der Waals surface area contributed by atoms with Crippen molar-refractivity contribution >= 4 is 46.4 Å². The lowest BCUT2D eigenvalue weighted by atomic mass is 10.3. The Morgan fingerprint density at radius 2 is 1.12 bits per heavy atom. The zero-order chi connectivity index (χ0) is 12.8. The van der Waals surface area contributed by atoms with Crippen molar-refractivity contribution in [1.29, 1.82) is 0 Å². The van der Waals surface area contributed by atoms with E-state index < -0.39 is 0 Å². The molecule has 0 bridgehead atoms. The molecule has 0 saturated carbocycles. The number of halogens is 4. The maximum Gasteiger partial charge on any atom is 0.117 e. The van der Waals surface area contributed by atoms with Gasteiger partial charge in [0.05, 0.1) is 20.1 Å². The van der Waals surface area contributed by atoms with Gasteiger partial charge in [0.25, 0.3) is 0 Å². The number of hydrogen-bond acceptors (Lipinski definition) is 1. The van der Waals surface area contributed by atoms with Gasteiger partial charge in [-0.1, -0.05) is 58.5 Å². The van der Waals surface area contributed by atoms with Crippen LogP contribution in [0.15, 0.2) is 42.5 Å². The Kier molecular flexibility index (Phi) is 5.93. The molecule has 0 aliphatic carbocycles. The van der Waals surface area contributed by atoms with Gasteiger partial charge < -0.3 is 5.11 Å². The molecular formula is C12H8Cl4O. The Hall–Kier alpha value is -0.600. The standard InChI is InChI=1S/C6H4Cl2O.C6H4Cl2/c7-5-2-1-4(9)3-6(5)8;7-5-3-1-2-4-6(5)8/h1-3,9H;1-4H. The minimum Gasteiger partial charge on any atom is -0.508 e. The van der Waals surface area contributed by atoms with Crippen molar-refractivity contribution in [2.24, 2.45) is 0 Å². The zero-order valence-electron chi connectivity index (χ0n) is 8.50. The molecule has 0 unspecified atom stereocenters. The van der Waals surface area contributed by atoms with E-state index in [-0.39, 0.29) is 5.75 Å². The van der Waals surface area contributed by atoms with Gasteiger partial charge in [0, 0.05) is 0 Å². The Labute approximate surface area is 120 Å². The third kappa shape index (κ3) is 5.05. The van der Waals surface area contributed by atoms with Gasteiger partial charge in [-0.25, -0.2) is 0 Å². The molecule has 0 aliphatic heterocycles. The van der Waals surface area contributed by atoms with Crippen LogP contribution in [-0.2, 0) is 0 Å². The van der Waals surface area contributed by atoms with Crippen LogP contribution in [0.3, 0.4) is 0 Å². The van der Waals surface area contributed by atoms with Crippen LogP contribution in [0.1, 0.15) is 0 Å². The fraction of sp³-hybridized carbons (Fsp3) is 0. The van der Waals surface area contributed by atoms with E-state index in [1.54, 1.807) is 18.2 Å². The van der Waals surface area contributed by atoms with E-state index in [0.717, 1.165) is 0 Å². The molecule has 2 rings (SSSR count). The molecule has 0 heterocycles. The highest BCUT2D eigenvalue weighted by Crippen LogP contribution is 2.25. The number of aromatic hydroxyl groups is 1. The van der Waals surface area contributed by atoms with Gasteiger partial charge in [-0.15, -0.1) is 0 Å². The van der Waals surface area contributed by atoms with E-state index >= 15 is 0 Å². The summed E-state index contributed by atoms with van der Waals surface area (Å²) >= 11 is 22.2. The van der Waals surface area contributed by atoms with Crippen LogP contribution in [0, 0.1) is 0 Å². The molecule has 0 aliphatic rings. The average Bonchev–Trinajstić information content (AvgIpc) is 2.29. The van der Waals surface area contributed by atoms with Crippen LogP contribution in [0.4, 0.5) is 0 Å². The molecule has 17 heavy (non-hydrogen) atoms. The van der Waals surface area contributed by atoms with Crippen LogP contribution in [0.2, 0.25) is 20.1 Å². The Morgan fingerprint density at radius 1 is 0.647 bits per heavy atom. The second-order valence-electron chi connectivity index (χ2n) is 3.01. The summed E-state index contributed by atoms with van der Waals surface area (Å²) in [4.78, 5) is 0. The number of phenolic OH excluding ortho intramolecular Hbond substituents is 1. The van der Waals surface area contributed by atoms with Gasteiger partial charge >= 0.3 is 0 Å². The SMILES string of the molecule is Clc1ccccc1Cl.Oc1ccc(Cl)c(Cl)c1. The third-order valence-corrected chi connectivity index (χ3v) is 3.22. The molecule has 5 heteroatoms. The van der Waals surface area contributed by atoms with Gasteiger partial charge in [-0.2, -0.15) is 0 Å². The first kappa shape index (κ1) is 14.5. The number of rotatable bonds is 0. The first-order valence-electron chi connectivity index (χ1n) is 4.54. The van der Waals surface area contributed by atoms with Crippen molar-refractivity contribution in [1.82, 2.24) is 0 Å². The molecule has 0 saturated heterocycles. The van der Waals surface area contributed by atoms with Crippen molar-refractivity contribution in [2.45, 2.75) is 0 Å². The van der Waals surface area contributed by atoms with Crippen molar-refractivity contribution in [2.75, 3.05) is 0 Å². The van der Waals surface area contributed by atoms with Gasteiger partial charge in [-0.05, 0) is 30.3 Å². The lowest BCUT2D eigenvalue weighted by Gasteiger charge is -1.93.